The second-order valence-corrected chi connectivity index (χ2v) is 7.04. The van der Waals surface area contributed by atoms with Crippen LogP contribution in [-0.2, 0) is 0 Å². The number of aromatic nitrogens is 1. The monoisotopic (exact) mass is 329 g/mol. The van der Waals surface area contributed by atoms with Gasteiger partial charge in [0.15, 0.2) is 11.6 Å². The summed E-state index contributed by atoms with van der Waals surface area (Å²) < 4.78 is 32.7. The minimum Gasteiger partial charge on any atom is -0.436 e. The molecule has 126 valence electrons. The fraction of sp³-hybridized carbons (Fsp3) is 0.450. The molecule has 3 unspecified atom stereocenters. The van der Waals surface area contributed by atoms with E-state index in [1.165, 1.54) is 37.8 Å². The zero-order chi connectivity index (χ0) is 16.5. The Morgan fingerprint density at radius 2 is 1.88 bits per heavy atom. The van der Waals surface area contributed by atoms with E-state index in [4.69, 9.17) is 4.74 Å². The number of rotatable bonds is 3. The van der Waals surface area contributed by atoms with Crippen molar-refractivity contribution in [3.63, 3.8) is 0 Å². The molecule has 4 rings (SSSR count). The minimum absolute atomic E-state index is 0.0180. The van der Waals surface area contributed by atoms with Gasteiger partial charge in [0.2, 0.25) is 5.88 Å². The Labute approximate surface area is 140 Å². The summed E-state index contributed by atoms with van der Waals surface area (Å²) in [6, 6.07) is 7.28. The van der Waals surface area contributed by atoms with E-state index in [-0.39, 0.29) is 5.75 Å². The topological polar surface area (TPSA) is 22.1 Å². The SMILES string of the molecule is Fc1ccc(Oc2ncccc2C2CCCC3CC3CC2)c(F)c1. The number of ether oxygens (including phenoxy) is 1. The van der Waals surface area contributed by atoms with Crippen molar-refractivity contribution in [2.24, 2.45) is 11.8 Å². The maximum Gasteiger partial charge on any atom is 0.222 e. The third-order valence-corrected chi connectivity index (χ3v) is 5.42. The number of hydrogen-bond acceptors (Lipinski definition) is 2. The smallest absolute Gasteiger partial charge is 0.222 e. The molecule has 0 N–H and O–H groups in total. The average molecular weight is 329 g/mol. The molecular weight excluding hydrogens is 308 g/mol. The first-order valence-electron chi connectivity index (χ1n) is 8.78. The quantitative estimate of drug-likeness (QED) is 0.706. The number of hydrogen-bond donors (Lipinski definition) is 0. The summed E-state index contributed by atoms with van der Waals surface area (Å²) in [5.41, 5.74) is 1.04. The van der Waals surface area contributed by atoms with Crippen LogP contribution in [0.15, 0.2) is 36.5 Å². The Bertz CT molecular complexity index is 733. The van der Waals surface area contributed by atoms with Crippen molar-refractivity contribution in [1.82, 2.24) is 4.98 Å². The van der Waals surface area contributed by atoms with Crippen LogP contribution in [0.5, 0.6) is 11.6 Å². The summed E-state index contributed by atoms with van der Waals surface area (Å²) in [5, 5.41) is 0. The van der Waals surface area contributed by atoms with Gasteiger partial charge in [0.05, 0.1) is 0 Å². The molecule has 0 spiro atoms. The normalized spacial score (nSPS) is 26.2. The summed E-state index contributed by atoms with van der Waals surface area (Å²) in [5.74, 6) is 1.42. The molecule has 0 amide bonds. The molecule has 2 aromatic rings. The lowest BCUT2D eigenvalue weighted by Gasteiger charge is -2.21. The van der Waals surface area contributed by atoms with Crippen molar-refractivity contribution in [2.45, 2.75) is 44.4 Å². The lowest BCUT2D eigenvalue weighted by atomic mass is 9.86. The number of halogens is 2. The predicted molar refractivity (Wildman–Crippen MR) is 88.1 cm³/mol. The van der Waals surface area contributed by atoms with Gasteiger partial charge in [0.25, 0.3) is 0 Å². The van der Waals surface area contributed by atoms with Gasteiger partial charge in [0, 0.05) is 17.8 Å². The van der Waals surface area contributed by atoms with Gasteiger partial charge in [-0.25, -0.2) is 13.8 Å². The van der Waals surface area contributed by atoms with Gasteiger partial charge in [-0.05, 0) is 61.6 Å². The minimum atomic E-state index is -0.704. The van der Waals surface area contributed by atoms with E-state index in [0.29, 0.717) is 11.8 Å². The first-order valence-corrected chi connectivity index (χ1v) is 8.78. The second-order valence-electron chi connectivity index (χ2n) is 7.04. The number of nitrogens with zero attached hydrogens (tertiary/aromatic N) is 1. The van der Waals surface area contributed by atoms with Crippen LogP contribution in [0.2, 0.25) is 0 Å². The van der Waals surface area contributed by atoms with E-state index in [0.717, 1.165) is 36.3 Å². The summed E-state index contributed by atoms with van der Waals surface area (Å²) in [4.78, 5) is 4.31. The summed E-state index contributed by atoms with van der Waals surface area (Å²) in [6.07, 6.45) is 9.11. The molecule has 0 bridgehead atoms. The predicted octanol–water partition coefficient (Wildman–Crippen LogP) is 5.84. The molecule has 2 fully saturated rings. The summed E-state index contributed by atoms with van der Waals surface area (Å²) in [6.45, 7) is 0. The van der Waals surface area contributed by atoms with Gasteiger partial charge in [0.1, 0.15) is 5.82 Å². The molecule has 1 heterocycles. The standard InChI is InChI=1S/C20H21F2NO/c21-16-8-9-19(18(22)12-16)24-20-17(5-2-10-23-20)13-3-1-4-14-11-15(14)7-6-13/h2,5,8-10,12-15H,1,3-4,6-7,11H2. The zero-order valence-corrected chi connectivity index (χ0v) is 13.6. The first kappa shape index (κ1) is 15.6. The third kappa shape index (κ3) is 3.28. The van der Waals surface area contributed by atoms with E-state index in [9.17, 15) is 8.78 Å². The van der Waals surface area contributed by atoms with E-state index < -0.39 is 11.6 Å². The molecular formula is C20H21F2NO. The molecule has 24 heavy (non-hydrogen) atoms. The molecule has 0 radical (unpaired) electrons. The highest BCUT2D eigenvalue weighted by molar-refractivity contribution is 5.35. The second kappa shape index (κ2) is 6.50. The van der Waals surface area contributed by atoms with Gasteiger partial charge < -0.3 is 4.74 Å². The lowest BCUT2D eigenvalue weighted by Crippen LogP contribution is -2.06. The molecule has 1 aromatic carbocycles. The van der Waals surface area contributed by atoms with Crippen LogP contribution in [0.1, 0.15) is 50.0 Å². The summed E-state index contributed by atoms with van der Waals surface area (Å²) in [7, 11) is 0. The van der Waals surface area contributed by atoms with E-state index in [1.807, 2.05) is 12.1 Å². The molecule has 4 heteroatoms. The Kier molecular flexibility index (Phi) is 4.21. The van der Waals surface area contributed by atoms with E-state index >= 15 is 0 Å². The third-order valence-electron chi connectivity index (χ3n) is 5.42. The van der Waals surface area contributed by atoms with Crippen LogP contribution in [0, 0.1) is 23.5 Å². The van der Waals surface area contributed by atoms with Crippen molar-refractivity contribution < 1.29 is 13.5 Å². The van der Waals surface area contributed by atoms with Gasteiger partial charge in [-0.2, -0.15) is 0 Å². The number of fused-ring (bicyclic) bond motifs is 1. The lowest BCUT2D eigenvalue weighted by molar-refractivity contribution is 0.396. The Balaban J connectivity index is 1.57. The van der Waals surface area contributed by atoms with Crippen LogP contribution in [0.25, 0.3) is 0 Å². The van der Waals surface area contributed by atoms with E-state index in [1.54, 1.807) is 6.20 Å². The zero-order valence-electron chi connectivity index (χ0n) is 13.6. The maximum atomic E-state index is 13.9. The molecule has 0 aliphatic heterocycles. The van der Waals surface area contributed by atoms with Crippen molar-refractivity contribution in [1.29, 1.82) is 0 Å². The average Bonchev–Trinajstić information content (AvgIpc) is 3.28. The van der Waals surface area contributed by atoms with Crippen molar-refractivity contribution in [3.05, 3.63) is 53.7 Å². The summed E-state index contributed by atoms with van der Waals surface area (Å²) >= 11 is 0. The highest BCUT2D eigenvalue weighted by atomic mass is 19.1. The fourth-order valence-corrected chi connectivity index (χ4v) is 3.98. The Hall–Kier alpha value is -1.97. The van der Waals surface area contributed by atoms with Crippen molar-refractivity contribution in [3.8, 4) is 11.6 Å². The molecule has 2 aliphatic carbocycles. The molecule has 2 nitrogen and oxygen atoms in total. The fourth-order valence-electron chi connectivity index (χ4n) is 3.98. The maximum absolute atomic E-state index is 13.9. The van der Waals surface area contributed by atoms with Crippen molar-refractivity contribution >= 4 is 0 Å². The van der Waals surface area contributed by atoms with Crippen LogP contribution < -0.4 is 4.74 Å². The van der Waals surface area contributed by atoms with Crippen molar-refractivity contribution in [2.75, 3.05) is 0 Å². The molecule has 2 saturated carbocycles. The molecule has 3 atom stereocenters. The highest BCUT2D eigenvalue weighted by Gasteiger charge is 2.38. The van der Waals surface area contributed by atoms with Crippen LogP contribution in [0.4, 0.5) is 8.78 Å². The number of pyridine rings is 1. The van der Waals surface area contributed by atoms with Gasteiger partial charge in [-0.15, -0.1) is 0 Å². The first-order chi connectivity index (χ1) is 11.7. The van der Waals surface area contributed by atoms with Crippen LogP contribution in [-0.4, -0.2) is 4.98 Å². The largest absolute Gasteiger partial charge is 0.436 e. The highest BCUT2D eigenvalue weighted by Crippen LogP contribution is 2.50. The molecule has 1 aromatic heterocycles. The number of benzene rings is 1. The van der Waals surface area contributed by atoms with Crippen LogP contribution in [0.3, 0.4) is 0 Å². The Morgan fingerprint density at radius 1 is 1.00 bits per heavy atom. The Morgan fingerprint density at radius 3 is 2.75 bits per heavy atom. The van der Waals surface area contributed by atoms with Gasteiger partial charge in [-0.1, -0.05) is 18.9 Å². The molecule has 0 saturated heterocycles. The van der Waals surface area contributed by atoms with Gasteiger partial charge >= 0.3 is 0 Å². The van der Waals surface area contributed by atoms with Crippen LogP contribution >= 0.6 is 0 Å². The molecule has 2 aliphatic rings. The van der Waals surface area contributed by atoms with E-state index in [2.05, 4.69) is 4.98 Å². The van der Waals surface area contributed by atoms with Gasteiger partial charge in [-0.3, -0.25) is 0 Å².